The van der Waals surface area contributed by atoms with Crippen LogP contribution in [-0.2, 0) is 25.6 Å². The summed E-state index contributed by atoms with van der Waals surface area (Å²) in [5.41, 5.74) is 12.3. The second-order valence-electron chi connectivity index (χ2n) is 9.08. The lowest BCUT2D eigenvalue weighted by molar-refractivity contribution is -0.145. The molecule has 0 spiro atoms. The monoisotopic (exact) mass is 507 g/mol. The van der Waals surface area contributed by atoms with Crippen LogP contribution in [0.4, 0.5) is 0 Å². The molecule has 11 heteroatoms. The molecule has 3 amide bonds. The largest absolute Gasteiger partial charge is 0.480 e. The summed E-state index contributed by atoms with van der Waals surface area (Å²) >= 11 is 0. The van der Waals surface area contributed by atoms with E-state index in [0.29, 0.717) is 25.8 Å². The van der Waals surface area contributed by atoms with Gasteiger partial charge in [-0.15, -0.1) is 0 Å². The minimum absolute atomic E-state index is 0.161. The van der Waals surface area contributed by atoms with Gasteiger partial charge in [-0.05, 0) is 37.8 Å². The second-order valence-corrected chi connectivity index (χ2v) is 9.08. The van der Waals surface area contributed by atoms with Crippen molar-refractivity contribution in [3.05, 3.63) is 35.9 Å². The average molecular weight is 508 g/mol. The molecular formula is C25H41N5O6. The Balaban J connectivity index is 3.09. The van der Waals surface area contributed by atoms with Crippen molar-refractivity contribution in [1.29, 1.82) is 0 Å². The Morgan fingerprint density at radius 2 is 1.53 bits per heavy atom. The summed E-state index contributed by atoms with van der Waals surface area (Å²) in [4.78, 5) is 50.4. The molecule has 1 aromatic rings. The van der Waals surface area contributed by atoms with Crippen LogP contribution in [0.15, 0.2) is 30.3 Å². The van der Waals surface area contributed by atoms with Crippen molar-refractivity contribution >= 4 is 23.7 Å². The molecule has 36 heavy (non-hydrogen) atoms. The molecule has 0 bridgehead atoms. The fourth-order valence-corrected chi connectivity index (χ4v) is 3.57. The number of aliphatic carboxylic acids is 1. The molecule has 0 radical (unpaired) electrons. The molecule has 1 aromatic carbocycles. The highest BCUT2D eigenvalue weighted by Crippen LogP contribution is 2.11. The van der Waals surface area contributed by atoms with Crippen LogP contribution in [-0.4, -0.2) is 70.7 Å². The van der Waals surface area contributed by atoms with Crippen LogP contribution in [0.2, 0.25) is 0 Å². The van der Waals surface area contributed by atoms with E-state index in [9.17, 15) is 29.4 Å². The lowest BCUT2D eigenvalue weighted by Gasteiger charge is -2.28. The predicted molar refractivity (Wildman–Crippen MR) is 136 cm³/mol. The van der Waals surface area contributed by atoms with Crippen LogP contribution < -0.4 is 27.4 Å². The van der Waals surface area contributed by atoms with E-state index in [4.69, 9.17) is 11.5 Å². The molecule has 202 valence electrons. The molecule has 0 fully saturated rings. The third-order valence-corrected chi connectivity index (χ3v) is 6.06. The van der Waals surface area contributed by atoms with Gasteiger partial charge in [-0.3, -0.25) is 14.4 Å². The number of benzene rings is 1. The van der Waals surface area contributed by atoms with Gasteiger partial charge in [-0.25, -0.2) is 4.79 Å². The first kappa shape index (κ1) is 31.0. The van der Waals surface area contributed by atoms with Gasteiger partial charge in [0.2, 0.25) is 17.7 Å². The zero-order chi connectivity index (χ0) is 27.3. The number of carbonyl (C=O) groups excluding carboxylic acids is 3. The molecule has 6 atom stereocenters. The summed E-state index contributed by atoms with van der Waals surface area (Å²) in [7, 11) is 0. The summed E-state index contributed by atoms with van der Waals surface area (Å²) in [6.45, 7) is 5.30. The summed E-state index contributed by atoms with van der Waals surface area (Å²) < 4.78 is 0. The van der Waals surface area contributed by atoms with Gasteiger partial charge >= 0.3 is 5.97 Å². The Bertz CT molecular complexity index is 851. The molecule has 11 nitrogen and oxygen atoms in total. The predicted octanol–water partition coefficient (Wildman–Crippen LogP) is -0.349. The molecule has 1 rings (SSSR count). The van der Waals surface area contributed by atoms with E-state index in [-0.39, 0.29) is 12.3 Å². The van der Waals surface area contributed by atoms with E-state index < -0.39 is 54.0 Å². The Kier molecular flexibility index (Phi) is 13.7. The van der Waals surface area contributed by atoms with Gasteiger partial charge in [0.15, 0.2) is 6.04 Å². The third-order valence-electron chi connectivity index (χ3n) is 6.06. The van der Waals surface area contributed by atoms with Crippen molar-refractivity contribution in [1.82, 2.24) is 16.0 Å². The van der Waals surface area contributed by atoms with Gasteiger partial charge in [0.1, 0.15) is 12.1 Å². The molecule has 6 unspecified atom stereocenters. The fourth-order valence-electron chi connectivity index (χ4n) is 3.57. The SMILES string of the molecule is CCC(C)C(NC(=O)C(Cc1ccccc1)NC(=O)C(N)CCCCN)C(=O)NC(C(=O)O)C(C)O. The molecule has 9 N–H and O–H groups in total. The molecule has 0 saturated heterocycles. The Morgan fingerprint density at radius 1 is 0.917 bits per heavy atom. The van der Waals surface area contributed by atoms with Gasteiger partial charge in [0.05, 0.1) is 12.1 Å². The smallest absolute Gasteiger partial charge is 0.328 e. The van der Waals surface area contributed by atoms with E-state index in [1.165, 1.54) is 6.92 Å². The zero-order valence-corrected chi connectivity index (χ0v) is 21.3. The fraction of sp³-hybridized carbons (Fsp3) is 0.600. The number of aliphatic hydroxyl groups is 1. The number of hydrogen-bond acceptors (Lipinski definition) is 7. The Labute approximate surface area is 212 Å². The first-order valence-electron chi connectivity index (χ1n) is 12.3. The summed E-state index contributed by atoms with van der Waals surface area (Å²) in [6.07, 6.45) is 1.14. The Morgan fingerprint density at radius 3 is 2.06 bits per heavy atom. The van der Waals surface area contributed by atoms with Crippen molar-refractivity contribution in [2.45, 2.75) is 83.1 Å². The van der Waals surface area contributed by atoms with Crippen LogP contribution >= 0.6 is 0 Å². The highest BCUT2D eigenvalue weighted by Gasteiger charge is 2.34. The lowest BCUT2D eigenvalue weighted by Crippen LogP contribution is -2.60. The van der Waals surface area contributed by atoms with E-state index in [0.717, 1.165) is 12.0 Å². The van der Waals surface area contributed by atoms with Crippen LogP contribution in [0.25, 0.3) is 0 Å². The van der Waals surface area contributed by atoms with E-state index in [1.807, 2.05) is 37.3 Å². The summed E-state index contributed by atoms with van der Waals surface area (Å²) in [5.74, 6) is -3.60. The molecule has 0 aliphatic rings. The van der Waals surface area contributed by atoms with Crippen molar-refractivity contribution in [3.63, 3.8) is 0 Å². The minimum atomic E-state index is -1.53. The molecule has 0 aliphatic heterocycles. The number of unbranched alkanes of at least 4 members (excludes halogenated alkanes) is 1. The highest BCUT2D eigenvalue weighted by atomic mass is 16.4. The van der Waals surface area contributed by atoms with Crippen molar-refractivity contribution in [2.24, 2.45) is 17.4 Å². The van der Waals surface area contributed by atoms with Crippen molar-refractivity contribution in [3.8, 4) is 0 Å². The van der Waals surface area contributed by atoms with Crippen LogP contribution in [0.3, 0.4) is 0 Å². The van der Waals surface area contributed by atoms with Gasteiger partial charge in [0.25, 0.3) is 0 Å². The maximum atomic E-state index is 13.3. The highest BCUT2D eigenvalue weighted by molar-refractivity contribution is 5.94. The molecule has 0 aliphatic carbocycles. The van der Waals surface area contributed by atoms with Gasteiger partial charge in [-0.1, -0.05) is 57.0 Å². The molecule has 0 heterocycles. The van der Waals surface area contributed by atoms with Gasteiger partial charge in [-0.2, -0.15) is 0 Å². The van der Waals surface area contributed by atoms with Crippen molar-refractivity contribution in [2.75, 3.05) is 6.54 Å². The molecular weight excluding hydrogens is 466 g/mol. The maximum absolute atomic E-state index is 13.3. The van der Waals surface area contributed by atoms with E-state index in [1.54, 1.807) is 6.92 Å². The molecule has 0 aromatic heterocycles. The number of aliphatic hydroxyl groups excluding tert-OH is 1. The number of carbonyl (C=O) groups is 4. The first-order chi connectivity index (χ1) is 17.0. The first-order valence-corrected chi connectivity index (χ1v) is 12.3. The number of rotatable bonds is 16. The average Bonchev–Trinajstić information content (AvgIpc) is 2.84. The van der Waals surface area contributed by atoms with Crippen molar-refractivity contribution < 1.29 is 29.4 Å². The van der Waals surface area contributed by atoms with Crippen LogP contribution in [0.5, 0.6) is 0 Å². The van der Waals surface area contributed by atoms with Crippen LogP contribution in [0, 0.1) is 5.92 Å². The second kappa shape index (κ2) is 15.9. The van der Waals surface area contributed by atoms with Gasteiger partial charge in [0, 0.05) is 6.42 Å². The van der Waals surface area contributed by atoms with Crippen LogP contribution in [0.1, 0.15) is 52.0 Å². The summed E-state index contributed by atoms with van der Waals surface area (Å²) in [6, 6.07) is 4.60. The zero-order valence-electron chi connectivity index (χ0n) is 21.3. The van der Waals surface area contributed by atoms with E-state index in [2.05, 4.69) is 16.0 Å². The lowest BCUT2D eigenvalue weighted by atomic mass is 9.96. The number of hydrogen-bond donors (Lipinski definition) is 7. The third kappa shape index (κ3) is 10.3. The number of carboxylic acid groups (broad SMARTS) is 1. The maximum Gasteiger partial charge on any atom is 0.328 e. The minimum Gasteiger partial charge on any atom is -0.480 e. The number of carboxylic acids is 1. The Hall–Kier alpha value is -3.02. The summed E-state index contributed by atoms with van der Waals surface area (Å²) in [5, 5.41) is 26.7. The normalized spacial score (nSPS) is 16.1. The number of nitrogens with two attached hydrogens (primary N) is 2. The number of nitrogens with one attached hydrogen (secondary N) is 3. The topological polar surface area (TPSA) is 197 Å². The molecule has 0 saturated carbocycles. The quantitative estimate of drug-likeness (QED) is 0.147. The number of amides is 3. The van der Waals surface area contributed by atoms with Gasteiger partial charge < -0.3 is 37.6 Å². The standard InChI is InChI=1S/C25H41N5O6/c1-4-15(2)20(24(34)30-21(16(3)31)25(35)36)29-23(33)19(14-17-10-6-5-7-11-17)28-22(32)18(27)12-8-9-13-26/h5-7,10-11,15-16,18-21,31H,4,8-9,12-14,26-27H2,1-3H3,(H,28,32)(H,29,33)(H,30,34)(H,35,36). The van der Waals surface area contributed by atoms with E-state index >= 15 is 0 Å².